The van der Waals surface area contributed by atoms with Gasteiger partial charge in [0.2, 0.25) is 0 Å². The molecule has 0 saturated carbocycles. The Morgan fingerprint density at radius 1 is 1.05 bits per heavy atom. The van der Waals surface area contributed by atoms with Gasteiger partial charge >= 0.3 is 0 Å². The minimum absolute atomic E-state index is 0.174. The fraction of sp³-hybridized carbons (Fsp3) is 0.235. The Bertz CT molecular complexity index is 648. The normalized spacial score (nSPS) is 14.2. The van der Waals surface area contributed by atoms with Crippen molar-refractivity contribution in [3.05, 3.63) is 54.1 Å². The van der Waals surface area contributed by atoms with Gasteiger partial charge in [-0.3, -0.25) is 4.79 Å². The van der Waals surface area contributed by atoms with Crippen molar-refractivity contribution < 1.29 is 4.79 Å². The predicted octanol–water partition coefficient (Wildman–Crippen LogP) is 3.12. The fourth-order valence-electron chi connectivity index (χ4n) is 2.66. The Kier molecular flexibility index (Phi) is 3.77. The number of hydrogen-bond acceptors (Lipinski definition) is 3. The quantitative estimate of drug-likeness (QED) is 0.850. The summed E-state index contributed by atoms with van der Waals surface area (Å²) >= 11 is 0. The number of benzene rings is 2. The number of nitrogens with two attached hydrogens (primary N) is 1. The highest BCUT2D eigenvalue weighted by Crippen LogP contribution is 2.24. The number of amides is 1. The van der Waals surface area contributed by atoms with E-state index in [1.54, 1.807) is 12.1 Å². The first-order chi connectivity index (χ1) is 10.2. The summed E-state index contributed by atoms with van der Waals surface area (Å²) in [6.45, 7) is 2.17. The standard InChI is InChI=1S/C17H19N3O/c18-16-9-2-1-8-15(16)17(21)19-13-6-5-7-14(12-13)20-10-3-4-11-20/h1-2,5-9,12H,3-4,10-11,18H2,(H,19,21). The monoisotopic (exact) mass is 281 g/mol. The summed E-state index contributed by atoms with van der Waals surface area (Å²) in [5, 5.41) is 2.92. The minimum atomic E-state index is -0.174. The summed E-state index contributed by atoms with van der Waals surface area (Å²) in [7, 11) is 0. The Morgan fingerprint density at radius 2 is 1.81 bits per heavy atom. The van der Waals surface area contributed by atoms with Crippen molar-refractivity contribution in [3.8, 4) is 0 Å². The third kappa shape index (κ3) is 2.99. The second-order valence-electron chi connectivity index (χ2n) is 5.29. The van der Waals surface area contributed by atoms with Crippen molar-refractivity contribution in [2.45, 2.75) is 12.8 Å². The van der Waals surface area contributed by atoms with Crippen LogP contribution in [0.5, 0.6) is 0 Å². The number of carbonyl (C=O) groups is 1. The van der Waals surface area contributed by atoms with E-state index in [-0.39, 0.29) is 5.91 Å². The zero-order chi connectivity index (χ0) is 14.7. The number of rotatable bonds is 3. The molecular weight excluding hydrogens is 262 g/mol. The van der Waals surface area contributed by atoms with Gasteiger partial charge in [0, 0.05) is 30.2 Å². The molecule has 21 heavy (non-hydrogen) atoms. The average molecular weight is 281 g/mol. The number of hydrogen-bond donors (Lipinski definition) is 2. The van der Waals surface area contributed by atoms with E-state index in [2.05, 4.69) is 16.3 Å². The van der Waals surface area contributed by atoms with Gasteiger partial charge in [0.15, 0.2) is 0 Å². The molecule has 0 atom stereocenters. The van der Waals surface area contributed by atoms with Crippen molar-refractivity contribution in [2.75, 3.05) is 29.0 Å². The molecule has 0 radical (unpaired) electrons. The largest absolute Gasteiger partial charge is 0.398 e. The van der Waals surface area contributed by atoms with Crippen LogP contribution in [-0.4, -0.2) is 19.0 Å². The number of nitrogens with zero attached hydrogens (tertiary/aromatic N) is 1. The van der Waals surface area contributed by atoms with Gasteiger partial charge in [-0.05, 0) is 43.2 Å². The van der Waals surface area contributed by atoms with E-state index in [9.17, 15) is 4.79 Å². The third-order valence-electron chi connectivity index (χ3n) is 3.78. The smallest absolute Gasteiger partial charge is 0.257 e. The topological polar surface area (TPSA) is 58.4 Å². The highest BCUT2D eigenvalue weighted by molar-refractivity contribution is 6.07. The zero-order valence-corrected chi connectivity index (χ0v) is 11.9. The number of nitrogen functional groups attached to an aromatic ring is 1. The van der Waals surface area contributed by atoms with Crippen molar-refractivity contribution in [3.63, 3.8) is 0 Å². The van der Waals surface area contributed by atoms with E-state index in [0.29, 0.717) is 11.3 Å². The highest BCUT2D eigenvalue weighted by Gasteiger charge is 2.13. The summed E-state index contributed by atoms with van der Waals surface area (Å²) in [5.41, 5.74) is 8.79. The maximum absolute atomic E-state index is 12.3. The van der Waals surface area contributed by atoms with Gasteiger partial charge in [-0.25, -0.2) is 0 Å². The number of nitrogens with one attached hydrogen (secondary N) is 1. The van der Waals surface area contributed by atoms with E-state index >= 15 is 0 Å². The van der Waals surface area contributed by atoms with Crippen LogP contribution in [0.2, 0.25) is 0 Å². The predicted molar refractivity (Wildman–Crippen MR) is 86.7 cm³/mol. The molecule has 4 nitrogen and oxygen atoms in total. The van der Waals surface area contributed by atoms with Crippen LogP contribution in [-0.2, 0) is 0 Å². The van der Waals surface area contributed by atoms with Crippen molar-refractivity contribution in [1.82, 2.24) is 0 Å². The fourth-order valence-corrected chi connectivity index (χ4v) is 2.66. The lowest BCUT2D eigenvalue weighted by molar-refractivity contribution is 0.102. The molecule has 0 bridgehead atoms. The number of para-hydroxylation sites is 1. The Morgan fingerprint density at radius 3 is 2.57 bits per heavy atom. The molecule has 0 spiro atoms. The lowest BCUT2D eigenvalue weighted by Crippen LogP contribution is -2.18. The molecule has 1 aliphatic rings. The van der Waals surface area contributed by atoms with Gasteiger partial charge in [-0.1, -0.05) is 18.2 Å². The molecule has 2 aromatic rings. The second kappa shape index (κ2) is 5.87. The molecule has 1 aliphatic heterocycles. The van der Waals surface area contributed by atoms with Gasteiger partial charge in [0.1, 0.15) is 0 Å². The third-order valence-corrected chi connectivity index (χ3v) is 3.78. The van der Waals surface area contributed by atoms with E-state index in [1.807, 2.05) is 30.3 Å². The maximum atomic E-state index is 12.3. The van der Waals surface area contributed by atoms with Gasteiger partial charge in [-0.15, -0.1) is 0 Å². The molecule has 1 saturated heterocycles. The minimum Gasteiger partial charge on any atom is -0.398 e. The molecule has 0 unspecified atom stereocenters. The summed E-state index contributed by atoms with van der Waals surface area (Å²) in [6.07, 6.45) is 2.47. The van der Waals surface area contributed by atoms with Crippen LogP contribution < -0.4 is 16.0 Å². The Balaban J connectivity index is 1.77. The molecule has 4 heteroatoms. The van der Waals surface area contributed by atoms with E-state index < -0.39 is 0 Å². The first kappa shape index (κ1) is 13.5. The highest BCUT2D eigenvalue weighted by atomic mass is 16.1. The van der Waals surface area contributed by atoms with Crippen molar-refractivity contribution >= 4 is 23.0 Å². The van der Waals surface area contributed by atoms with Crippen LogP contribution in [0, 0.1) is 0 Å². The number of carbonyl (C=O) groups excluding carboxylic acids is 1. The summed E-state index contributed by atoms with van der Waals surface area (Å²) in [5.74, 6) is -0.174. The van der Waals surface area contributed by atoms with Crippen LogP contribution >= 0.6 is 0 Å². The van der Waals surface area contributed by atoms with Crippen LogP contribution in [0.4, 0.5) is 17.1 Å². The zero-order valence-electron chi connectivity index (χ0n) is 11.9. The molecule has 108 valence electrons. The number of anilines is 3. The maximum Gasteiger partial charge on any atom is 0.257 e. The molecule has 3 N–H and O–H groups in total. The van der Waals surface area contributed by atoms with Gasteiger partial charge < -0.3 is 16.0 Å². The van der Waals surface area contributed by atoms with E-state index in [0.717, 1.165) is 24.5 Å². The molecular formula is C17H19N3O. The molecule has 2 aromatic carbocycles. The molecule has 1 fully saturated rings. The van der Waals surface area contributed by atoms with Crippen LogP contribution in [0.1, 0.15) is 23.2 Å². The first-order valence-electron chi connectivity index (χ1n) is 7.25. The Labute approximate surface area is 124 Å². The average Bonchev–Trinajstić information content (AvgIpc) is 3.02. The molecule has 1 amide bonds. The summed E-state index contributed by atoms with van der Waals surface area (Å²) in [6, 6.07) is 15.1. The molecule has 3 rings (SSSR count). The van der Waals surface area contributed by atoms with Gasteiger partial charge in [0.25, 0.3) is 5.91 Å². The van der Waals surface area contributed by atoms with Gasteiger partial charge in [-0.2, -0.15) is 0 Å². The van der Waals surface area contributed by atoms with Crippen molar-refractivity contribution in [1.29, 1.82) is 0 Å². The lowest BCUT2D eigenvalue weighted by Gasteiger charge is -2.18. The molecule has 1 heterocycles. The summed E-state index contributed by atoms with van der Waals surface area (Å²) < 4.78 is 0. The van der Waals surface area contributed by atoms with E-state index in [4.69, 9.17) is 5.73 Å². The van der Waals surface area contributed by atoms with Gasteiger partial charge in [0.05, 0.1) is 5.56 Å². The van der Waals surface area contributed by atoms with Crippen molar-refractivity contribution in [2.24, 2.45) is 0 Å². The van der Waals surface area contributed by atoms with Crippen LogP contribution in [0.15, 0.2) is 48.5 Å². The summed E-state index contributed by atoms with van der Waals surface area (Å²) in [4.78, 5) is 14.6. The van der Waals surface area contributed by atoms with Crippen LogP contribution in [0.25, 0.3) is 0 Å². The van der Waals surface area contributed by atoms with Crippen LogP contribution in [0.3, 0.4) is 0 Å². The first-order valence-corrected chi connectivity index (χ1v) is 7.25. The molecule has 0 aromatic heterocycles. The Hall–Kier alpha value is -2.49. The SMILES string of the molecule is Nc1ccccc1C(=O)Nc1cccc(N2CCCC2)c1. The molecule has 0 aliphatic carbocycles. The lowest BCUT2D eigenvalue weighted by atomic mass is 10.1. The second-order valence-corrected chi connectivity index (χ2v) is 5.29. The van der Waals surface area contributed by atoms with E-state index in [1.165, 1.54) is 12.8 Å².